The molecule has 0 radical (unpaired) electrons. The number of hydrogen-bond donors (Lipinski definition) is 1. The molecule has 0 spiro atoms. The van der Waals surface area contributed by atoms with E-state index >= 15 is 0 Å². The minimum Gasteiger partial charge on any atom is -0.315 e. The Labute approximate surface area is 149 Å². The molecule has 0 aliphatic carbocycles. The summed E-state index contributed by atoms with van der Waals surface area (Å²) in [5, 5.41) is 3.70. The first-order chi connectivity index (χ1) is 11.9. The molecule has 0 fully saturated rings. The number of anilines is 2. The lowest BCUT2D eigenvalue weighted by Gasteiger charge is -2.10. The largest absolute Gasteiger partial charge is 0.315 e. The van der Waals surface area contributed by atoms with Crippen molar-refractivity contribution in [2.24, 2.45) is 0 Å². The van der Waals surface area contributed by atoms with Crippen LogP contribution in [0, 0.1) is 6.92 Å². The summed E-state index contributed by atoms with van der Waals surface area (Å²) in [7, 11) is -0.554. The number of hydrogen-bond acceptors (Lipinski definition) is 8. The fourth-order valence-corrected chi connectivity index (χ4v) is 3.40. The standard InChI is InChI=1S/C15H16N6O2S2/c1-10-5-4-8-16-13(10)18-15-19-14(20-24-15)12-7-6-11(9-17-12)25(22,23)21(2)3/h4-9H,1-3H3,(H,16,18,19,20). The van der Waals surface area contributed by atoms with Crippen molar-refractivity contribution in [3.8, 4) is 11.5 Å². The zero-order valence-corrected chi connectivity index (χ0v) is 15.5. The highest BCUT2D eigenvalue weighted by Gasteiger charge is 2.18. The fourth-order valence-electron chi connectivity index (χ4n) is 1.97. The highest BCUT2D eigenvalue weighted by atomic mass is 32.2. The van der Waals surface area contributed by atoms with Gasteiger partial charge in [0, 0.05) is 38.0 Å². The van der Waals surface area contributed by atoms with E-state index in [1.165, 1.54) is 37.9 Å². The van der Waals surface area contributed by atoms with Crippen LogP contribution in [-0.4, -0.2) is 46.1 Å². The summed E-state index contributed by atoms with van der Waals surface area (Å²) >= 11 is 1.18. The number of pyridine rings is 2. The molecule has 10 heteroatoms. The zero-order chi connectivity index (χ0) is 18.0. The molecule has 3 rings (SSSR count). The lowest BCUT2D eigenvalue weighted by Crippen LogP contribution is -2.22. The van der Waals surface area contributed by atoms with Crippen molar-refractivity contribution >= 4 is 32.5 Å². The summed E-state index contributed by atoms with van der Waals surface area (Å²) in [5.41, 5.74) is 1.50. The molecule has 1 N–H and O–H groups in total. The Bertz CT molecular complexity index is 983. The predicted octanol–water partition coefficient (Wildman–Crippen LogP) is 2.30. The molecule has 0 atom stereocenters. The Hall–Kier alpha value is -2.43. The lowest BCUT2D eigenvalue weighted by molar-refractivity contribution is 0.520. The predicted molar refractivity (Wildman–Crippen MR) is 96.3 cm³/mol. The maximum absolute atomic E-state index is 12.1. The van der Waals surface area contributed by atoms with Gasteiger partial charge < -0.3 is 5.32 Å². The fraction of sp³-hybridized carbons (Fsp3) is 0.200. The minimum atomic E-state index is -3.50. The summed E-state index contributed by atoms with van der Waals surface area (Å²) in [6, 6.07) is 6.89. The van der Waals surface area contributed by atoms with E-state index in [4.69, 9.17) is 0 Å². The summed E-state index contributed by atoms with van der Waals surface area (Å²) in [6.07, 6.45) is 3.00. The van der Waals surface area contributed by atoms with E-state index in [9.17, 15) is 8.42 Å². The minimum absolute atomic E-state index is 0.124. The zero-order valence-electron chi connectivity index (χ0n) is 13.8. The van der Waals surface area contributed by atoms with Gasteiger partial charge in [-0.25, -0.2) is 17.7 Å². The molecule has 0 aromatic carbocycles. The summed E-state index contributed by atoms with van der Waals surface area (Å²) in [4.78, 5) is 12.9. The van der Waals surface area contributed by atoms with Gasteiger partial charge in [-0.2, -0.15) is 9.36 Å². The Morgan fingerprint density at radius 2 is 1.96 bits per heavy atom. The molecule has 25 heavy (non-hydrogen) atoms. The van der Waals surface area contributed by atoms with Crippen molar-refractivity contribution in [3.05, 3.63) is 42.2 Å². The van der Waals surface area contributed by atoms with E-state index in [0.717, 1.165) is 9.87 Å². The summed E-state index contributed by atoms with van der Waals surface area (Å²) < 4.78 is 29.5. The number of rotatable bonds is 5. The number of aryl methyl sites for hydroxylation is 1. The molecular weight excluding hydrogens is 360 g/mol. The van der Waals surface area contributed by atoms with Crippen LogP contribution >= 0.6 is 11.5 Å². The SMILES string of the molecule is Cc1cccnc1Nc1nc(-c2ccc(S(=O)(=O)N(C)C)cn2)ns1. The van der Waals surface area contributed by atoms with Gasteiger partial charge in [-0.1, -0.05) is 6.07 Å². The Morgan fingerprint density at radius 1 is 1.16 bits per heavy atom. The molecule has 0 aliphatic rings. The first-order valence-electron chi connectivity index (χ1n) is 7.29. The lowest BCUT2D eigenvalue weighted by atomic mass is 10.3. The van der Waals surface area contributed by atoms with Crippen LogP contribution in [0.15, 0.2) is 41.6 Å². The van der Waals surface area contributed by atoms with Crippen LogP contribution < -0.4 is 5.32 Å². The van der Waals surface area contributed by atoms with Crippen LogP contribution in [0.25, 0.3) is 11.5 Å². The number of aromatic nitrogens is 4. The molecule has 0 bridgehead atoms. The summed E-state index contributed by atoms with van der Waals surface area (Å²) in [6.45, 7) is 1.95. The van der Waals surface area contributed by atoms with Crippen molar-refractivity contribution in [2.75, 3.05) is 19.4 Å². The van der Waals surface area contributed by atoms with Gasteiger partial charge in [0.15, 0.2) is 5.82 Å². The van der Waals surface area contributed by atoms with E-state index in [1.54, 1.807) is 12.3 Å². The Morgan fingerprint density at radius 3 is 2.60 bits per heavy atom. The Kier molecular flexibility index (Phi) is 4.75. The van der Waals surface area contributed by atoms with Crippen molar-refractivity contribution in [1.82, 2.24) is 23.6 Å². The molecule has 0 saturated heterocycles. The first kappa shape index (κ1) is 17.4. The second kappa shape index (κ2) is 6.82. The van der Waals surface area contributed by atoms with Crippen LogP contribution in [-0.2, 0) is 10.0 Å². The van der Waals surface area contributed by atoms with Gasteiger partial charge in [0.25, 0.3) is 0 Å². The monoisotopic (exact) mass is 376 g/mol. The molecule has 3 heterocycles. The second-order valence-electron chi connectivity index (χ2n) is 5.38. The van der Waals surface area contributed by atoms with Gasteiger partial charge in [0.05, 0.1) is 0 Å². The van der Waals surface area contributed by atoms with Gasteiger partial charge in [-0.3, -0.25) is 4.98 Å². The van der Waals surface area contributed by atoms with E-state index in [1.807, 2.05) is 19.1 Å². The van der Waals surface area contributed by atoms with Crippen molar-refractivity contribution in [3.63, 3.8) is 0 Å². The average Bonchev–Trinajstić information content (AvgIpc) is 3.05. The van der Waals surface area contributed by atoms with Crippen molar-refractivity contribution < 1.29 is 8.42 Å². The third kappa shape index (κ3) is 3.65. The third-order valence-electron chi connectivity index (χ3n) is 3.40. The van der Waals surface area contributed by atoms with E-state index < -0.39 is 10.0 Å². The molecule has 0 amide bonds. The topological polar surface area (TPSA) is 101 Å². The first-order valence-corrected chi connectivity index (χ1v) is 9.50. The number of nitrogens with zero attached hydrogens (tertiary/aromatic N) is 5. The molecular formula is C15H16N6O2S2. The molecule has 3 aromatic rings. The smallest absolute Gasteiger partial charge is 0.244 e. The average molecular weight is 376 g/mol. The number of sulfonamides is 1. The normalized spacial score (nSPS) is 11.7. The highest BCUT2D eigenvalue weighted by Crippen LogP contribution is 2.24. The van der Waals surface area contributed by atoms with Crippen LogP contribution in [0.3, 0.4) is 0 Å². The molecule has 130 valence electrons. The molecule has 3 aromatic heterocycles. The molecule has 0 unspecified atom stereocenters. The molecule has 0 aliphatic heterocycles. The van der Waals surface area contributed by atoms with E-state index in [0.29, 0.717) is 22.5 Å². The van der Waals surface area contributed by atoms with Crippen LogP contribution in [0.5, 0.6) is 0 Å². The van der Waals surface area contributed by atoms with Crippen LogP contribution in [0.4, 0.5) is 10.9 Å². The van der Waals surface area contributed by atoms with E-state index in [2.05, 4.69) is 24.6 Å². The number of nitrogens with one attached hydrogen (secondary N) is 1. The van der Waals surface area contributed by atoms with Crippen molar-refractivity contribution in [1.29, 1.82) is 0 Å². The van der Waals surface area contributed by atoms with Gasteiger partial charge in [-0.15, -0.1) is 0 Å². The quantitative estimate of drug-likeness (QED) is 0.729. The van der Waals surface area contributed by atoms with Gasteiger partial charge in [0.2, 0.25) is 15.2 Å². The second-order valence-corrected chi connectivity index (χ2v) is 8.29. The van der Waals surface area contributed by atoms with Gasteiger partial charge >= 0.3 is 0 Å². The highest BCUT2D eigenvalue weighted by molar-refractivity contribution is 7.89. The third-order valence-corrected chi connectivity index (χ3v) is 5.83. The Balaban J connectivity index is 1.82. The van der Waals surface area contributed by atoms with Crippen LogP contribution in [0.2, 0.25) is 0 Å². The van der Waals surface area contributed by atoms with Gasteiger partial charge in [0.1, 0.15) is 16.4 Å². The van der Waals surface area contributed by atoms with Gasteiger partial charge in [-0.05, 0) is 30.7 Å². The maximum Gasteiger partial charge on any atom is 0.244 e. The molecule has 0 saturated carbocycles. The van der Waals surface area contributed by atoms with Crippen molar-refractivity contribution in [2.45, 2.75) is 11.8 Å². The summed E-state index contributed by atoms with van der Waals surface area (Å²) in [5.74, 6) is 1.14. The van der Waals surface area contributed by atoms with E-state index in [-0.39, 0.29) is 4.90 Å². The maximum atomic E-state index is 12.1. The molecule has 8 nitrogen and oxygen atoms in total. The van der Waals surface area contributed by atoms with Crippen LogP contribution in [0.1, 0.15) is 5.56 Å².